The van der Waals surface area contributed by atoms with E-state index in [0.717, 1.165) is 51.4 Å². The van der Waals surface area contributed by atoms with Crippen LogP contribution in [-0.4, -0.2) is 36.4 Å². The fourth-order valence-corrected chi connectivity index (χ4v) is 6.83. The van der Waals surface area contributed by atoms with Crippen LogP contribution in [0.1, 0.15) is 232 Å². The smallest absolute Gasteiger partial charge is 0.306 e. The van der Waals surface area contributed by atoms with E-state index in [1.807, 2.05) is 12.2 Å². The van der Waals surface area contributed by atoms with Crippen molar-refractivity contribution >= 4 is 11.9 Å². The van der Waals surface area contributed by atoms with Gasteiger partial charge in [0.25, 0.3) is 0 Å². The van der Waals surface area contributed by atoms with Crippen LogP contribution < -0.4 is 0 Å². The first-order valence-corrected chi connectivity index (χ1v) is 24.5. The number of hydrogen-bond donors (Lipinski definition) is 1. The molecule has 0 aliphatic heterocycles. The summed E-state index contributed by atoms with van der Waals surface area (Å²) in [4.78, 5) is 24.3. The molecule has 0 aliphatic rings. The van der Waals surface area contributed by atoms with Crippen LogP contribution >= 0.6 is 0 Å². The maximum atomic E-state index is 12.2. The summed E-state index contributed by atoms with van der Waals surface area (Å²) in [5.74, 6) is -0.683. The Morgan fingerprint density at radius 3 is 1.19 bits per heavy atom. The van der Waals surface area contributed by atoms with E-state index in [1.165, 1.54) is 148 Å². The Hall–Kier alpha value is -2.66. The Labute approximate surface area is 359 Å². The summed E-state index contributed by atoms with van der Waals surface area (Å²) < 4.78 is 10.6. The first-order valence-electron chi connectivity index (χ1n) is 24.5. The zero-order valence-corrected chi connectivity index (χ0v) is 38.0. The van der Waals surface area contributed by atoms with E-state index in [0.29, 0.717) is 12.8 Å². The molecule has 5 nitrogen and oxygen atoms in total. The van der Waals surface area contributed by atoms with E-state index in [-0.39, 0.29) is 25.6 Å². The summed E-state index contributed by atoms with van der Waals surface area (Å²) in [6.45, 7) is 3.96. The lowest BCUT2D eigenvalue weighted by Gasteiger charge is -2.15. The highest BCUT2D eigenvalue weighted by Crippen LogP contribution is 2.16. The van der Waals surface area contributed by atoms with Gasteiger partial charge >= 0.3 is 11.9 Å². The molecule has 1 atom stereocenters. The van der Waals surface area contributed by atoms with Crippen LogP contribution in [0.4, 0.5) is 0 Å². The number of hydrogen-bond acceptors (Lipinski definition) is 5. The number of ether oxygens (including phenoxy) is 2. The van der Waals surface area contributed by atoms with Crippen molar-refractivity contribution in [3.05, 3.63) is 72.9 Å². The van der Waals surface area contributed by atoms with Gasteiger partial charge in [-0.15, -0.1) is 0 Å². The lowest BCUT2D eigenvalue weighted by Crippen LogP contribution is -2.28. The molecule has 0 saturated carbocycles. The van der Waals surface area contributed by atoms with Gasteiger partial charge in [-0.1, -0.05) is 222 Å². The fourth-order valence-electron chi connectivity index (χ4n) is 6.83. The van der Waals surface area contributed by atoms with E-state index >= 15 is 0 Å². The van der Waals surface area contributed by atoms with Crippen LogP contribution in [0.25, 0.3) is 0 Å². The predicted octanol–water partition coefficient (Wildman–Crippen LogP) is 16.1. The zero-order chi connectivity index (χ0) is 42.1. The van der Waals surface area contributed by atoms with Gasteiger partial charge < -0.3 is 14.6 Å². The van der Waals surface area contributed by atoms with Crippen molar-refractivity contribution in [3.63, 3.8) is 0 Å². The molecule has 0 aromatic rings. The topological polar surface area (TPSA) is 72.8 Å². The maximum Gasteiger partial charge on any atom is 0.306 e. The van der Waals surface area contributed by atoms with Gasteiger partial charge in [-0.3, -0.25) is 9.59 Å². The van der Waals surface area contributed by atoms with Crippen molar-refractivity contribution in [2.45, 2.75) is 238 Å². The van der Waals surface area contributed by atoms with E-state index in [4.69, 9.17) is 9.47 Å². The highest BCUT2D eigenvalue weighted by Gasteiger charge is 2.15. The van der Waals surface area contributed by atoms with Gasteiger partial charge in [-0.05, 0) is 70.6 Å². The molecule has 0 aromatic carbocycles. The summed E-state index contributed by atoms with van der Waals surface area (Å²) in [6, 6.07) is 0. The van der Waals surface area contributed by atoms with Crippen molar-refractivity contribution in [1.29, 1.82) is 0 Å². The Bertz CT molecular complexity index is 1050. The molecule has 0 fully saturated rings. The Kier molecular flexibility index (Phi) is 46.5. The van der Waals surface area contributed by atoms with Gasteiger partial charge in [0.1, 0.15) is 6.61 Å². The van der Waals surface area contributed by atoms with Gasteiger partial charge in [-0.2, -0.15) is 0 Å². The molecule has 0 aliphatic carbocycles. The first-order chi connectivity index (χ1) is 28.6. The van der Waals surface area contributed by atoms with Gasteiger partial charge in [0.2, 0.25) is 0 Å². The van der Waals surface area contributed by atoms with Crippen LogP contribution in [0, 0.1) is 0 Å². The fraction of sp³-hybridized carbons (Fsp3) is 0.736. The molecule has 0 spiro atoms. The molecule has 0 bridgehead atoms. The molecule has 0 saturated heterocycles. The highest BCUT2D eigenvalue weighted by molar-refractivity contribution is 5.70. The predicted molar refractivity (Wildman–Crippen MR) is 251 cm³/mol. The zero-order valence-electron chi connectivity index (χ0n) is 38.0. The lowest BCUT2D eigenvalue weighted by atomic mass is 10.0. The average Bonchev–Trinajstić information content (AvgIpc) is 3.23. The van der Waals surface area contributed by atoms with Gasteiger partial charge in [0, 0.05) is 12.8 Å². The highest BCUT2D eigenvalue weighted by atomic mass is 16.6. The second kappa shape index (κ2) is 48.7. The van der Waals surface area contributed by atoms with Crippen LogP contribution in [0.3, 0.4) is 0 Å². The number of allylic oxidation sites excluding steroid dienone is 12. The summed E-state index contributed by atoms with van der Waals surface area (Å²) in [6.07, 6.45) is 66.0. The number of rotatable bonds is 44. The summed E-state index contributed by atoms with van der Waals surface area (Å²) in [5, 5.41) is 9.57. The molecule has 0 amide bonds. The Balaban J connectivity index is 3.48. The van der Waals surface area contributed by atoms with Crippen LogP contribution in [-0.2, 0) is 19.1 Å². The quantitative estimate of drug-likeness (QED) is 0.0377. The minimum absolute atomic E-state index is 0.0954. The second-order valence-electron chi connectivity index (χ2n) is 16.2. The van der Waals surface area contributed by atoms with Crippen LogP contribution in [0.5, 0.6) is 0 Å². The summed E-state index contributed by atoms with van der Waals surface area (Å²) in [5.41, 5.74) is 0. The third-order valence-electron chi connectivity index (χ3n) is 10.5. The van der Waals surface area contributed by atoms with Gasteiger partial charge in [0.05, 0.1) is 6.61 Å². The van der Waals surface area contributed by atoms with Crippen molar-refractivity contribution in [1.82, 2.24) is 0 Å². The van der Waals surface area contributed by atoms with Crippen molar-refractivity contribution in [2.24, 2.45) is 0 Å². The molecule has 0 heterocycles. The third-order valence-corrected chi connectivity index (χ3v) is 10.5. The normalized spacial score (nSPS) is 12.8. The largest absolute Gasteiger partial charge is 0.462 e. The number of aliphatic hydroxyl groups excluding tert-OH is 1. The summed E-state index contributed by atoms with van der Waals surface area (Å²) >= 11 is 0. The molecule has 1 unspecified atom stereocenters. The number of carbonyl (C=O) groups is 2. The van der Waals surface area contributed by atoms with Crippen LogP contribution in [0.15, 0.2) is 72.9 Å². The van der Waals surface area contributed by atoms with Gasteiger partial charge in [-0.25, -0.2) is 0 Å². The average molecular weight is 809 g/mol. The van der Waals surface area contributed by atoms with Crippen LogP contribution in [0.2, 0.25) is 0 Å². The maximum absolute atomic E-state index is 12.2. The summed E-state index contributed by atoms with van der Waals surface area (Å²) in [7, 11) is 0. The van der Waals surface area contributed by atoms with Crippen molar-refractivity contribution in [2.75, 3.05) is 13.2 Å². The second-order valence-corrected chi connectivity index (χ2v) is 16.2. The van der Waals surface area contributed by atoms with E-state index in [2.05, 4.69) is 74.6 Å². The molecule has 1 N–H and O–H groups in total. The molecular formula is C53H92O5. The number of carbonyl (C=O) groups excluding carboxylic acids is 2. The standard InChI is InChI=1S/C53H92O5/c1-3-5-7-9-11-13-15-17-18-19-20-21-22-23-24-25-26-27-28-29-30-31-32-33-34-36-37-39-41-43-45-47-52(55)57-50-51(49-54)58-53(56)48-46-44-42-40-38-35-16-14-12-10-8-6-4-2/h6,8,12,14-15,17,19-20,35,38,42,44,51,54H,3-5,7,9-11,13,16,18,21-34,36-37,39-41,43,45-50H2,1-2H3/b8-6-,14-12-,17-15-,20-19-,38-35-,44-42-. The lowest BCUT2D eigenvalue weighted by molar-refractivity contribution is -0.161. The Morgan fingerprint density at radius 2 is 0.776 bits per heavy atom. The minimum Gasteiger partial charge on any atom is -0.462 e. The van der Waals surface area contributed by atoms with Crippen molar-refractivity contribution in [3.8, 4) is 0 Å². The number of aliphatic hydroxyl groups is 1. The van der Waals surface area contributed by atoms with E-state index in [9.17, 15) is 14.7 Å². The number of unbranched alkanes of at least 4 members (excludes halogenated alkanes) is 24. The van der Waals surface area contributed by atoms with Gasteiger partial charge in [0.15, 0.2) is 6.10 Å². The van der Waals surface area contributed by atoms with E-state index in [1.54, 1.807) is 0 Å². The van der Waals surface area contributed by atoms with E-state index < -0.39 is 12.1 Å². The third kappa shape index (κ3) is 46.0. The first kappa shape index (κ1) is 55.3. The molecule has 334 valence electrons. The van der Waals surface area contributed by atoms with Crippen molar-refractivity contribution < 1.29 is 24.2 Å². The molecule has 0 aromatic heterocycles. The molecule has 5 heteroatoms. The Morgan fingerprint density at radius 1 is 0.414 bits per heavy atom. The number of esters is 2. The molecular weight excluding hydrogens is 717 g/mol. The monoisotopic (exact) mass is 809 g/mol. The molecule has 58 heavy (non-hydrogen) atoms. The SMILES string of the molecule is CC/C=C\C/C=C\C/C=C\C/C=C\CCC(=O)OC(CO)COC(=O)CCCCCCCCCCCCCCCCCCCCC/C=C\C/C=C\CCCCCCC. The molecule has 0 radical (unpaired) electrons. The molecule has 0 rings (SSSR count). The minimum atomic E-state index is -0.811.